The molecule has 1 unspecified atom stereocenters. The number of aliphatic imine (C=N–C) groups is 1. The summed E-state index contributed by atoms with van der Waals surface area (Å²) in [5.74, 6) is 0.728. The van der Waals surface area contributed by atoms with Crippen molar-refractivity contribution in [3.63, 3.8) is 0 Å². The number of nitrogens with zero attached hydrogens (tertiary/aromatic N) is 3. The Hall–Kier alpha value is -1.06. The van der Waals surface area contributed by atoms with Crippen molar-refractivity contribution in [2.45, 2.75) is 25.6 Å². The van der Waals surface area contributed by atoms with Crippen LogP contribution in [0, 0.1) is 0 Å². The van der Waals surface area contributed by atoms with E-state index in [0.29, 0.717) is 52.5 Å². The summed E-state index contributed by atoms with van der Waals surface area (Å²) in [7, 11) is 3.31. The number of piperazine rings is 1. The third-order valence-corrected chi connectivity index (χ3v) is 4.03. The number of rotatable bonds is 8. The summed E-state index contributed by atoms with van der Waals surface area (Å²) < 4.78 is 48.5. The molecule has 1 saturated heterocycles. The van der Waals surface area contributed by atoms with Gasteiger partial charge in [0.1, 0.15) is 6.04 Å². The Morgan fingerprint density at radius 2 is 1.83 bits per heavy atom. The molecule has 0 aromatic heterocycles. The molecule has 0 radical (unpaired) electrons. The van der Waals surface area contributed by atoms with Gasteiger partial charge in [-0.2, -0.15) is 13.2 Å². The minimum atomic E-state index is -4.18. The predicted molar refractivity (Wildman–Crippen MR) is 87.3 cm³/mol. The third kappa shape index (κ3) is 7.23. The van der Waals surface area contributed by atoms with Gasteiger partial charge in [0.15, 0.2) is 5.96 Å². The fourth-order valence-electron chi connectivity index (χ4n) is 2.48. The van der Waals surface area contributed by atoms with Crippen LogP contribution in [0.15, 0.2) is 4.99 Å². The number of nitrogens with one attached hydrogen (secondary N) is 1. The molecule has 0 saturated carbocycles. The van der Waals surface area contributed by atoms with Gasteiger partial charge in [0.2, 0.25) is 0 Å². The normalized spacial score (nSPS) is 18.8. The van der Waals surface area contributed by atoms with Crippen molar-refractivity contribution in [1.29, 1.82) is 0 Å². The van der Waals surface area contributed by atoms with Gasteiger partial charge < -0.3 is 19.7 Å². The monoisotopic (exact) mass is 354 g/mol. The highest BCUT2D eigenvalue weighted by molar-refractivity contribution is 5.79. The van der Waals surface area contributed by atoms with E-state index in [9.17, 15) is 13.2 Å². The molecule has 0 aromatic carbocycles. The Balaban J connectivity index is 2.26. The number of ether oxygens (including phenoxy) is 2. The van der Waals surface area contributed by atoms with Crippen LogP contribution in [-0.4, -0.2) is 94.7 Å². The molecule has 1 heterocycles. The average Bonchev–Trinajstić information content (AvgIpc) is 2.56. The standard InChI is InChI=1S/C15H29F3N4O2/c1-13(15(16,17)18)21-6-8-22(9-7-21)14(19-2)20-5-4-10-24-12-11-23-3/h13H,4-12H2,1-3H3,(H,19,20). The Bertz CT molecular complexity index is 372. The molecule has 1 rings (SSSR count). The van der Waals surface area contributed by atoms with E-state index in [1.54, 1.807) is 14.2 Å². The summed E-state index contributed by atoms with van der Waals surface area (Å²) in [6.45, 7) is 5.52. The van der Waals surface area contributed by atoms with Crippen LogP contribution in [0.25, 0.3) is 0 Å². The quantitative estimate of drug-likeness (QED) is 0.403. The third-order valence-electron chi connectivity index (χ3n) is 4.03. The minimum absolute atomic E-state index is 0.376. The topological polar surface area (TPSA) is 49.3 Å². The first-order chi connectivity index (χ1) is 11.4. The lowest BCUT2D eigenvalue weighted by Crippen LogP contribution is -2.56. The van der Waals surface area contributed by atoms with Gasteiger partial charge >= 0.3 is 6.18 Å². The van der Waals surface area contributed by atoms with E-state index in [1.165, 1.54) is 11.8 Å². The van der Waals surface area contributed by atoms with Crippen LogP contribution in [0.5, 0.6) is 0 Å². The lowest BCUT2D eigenvalue weighted by molar-refractivity contribution is -0.181. The molecule has 9 heteroatoms. The van der Waals surface area contributed by atoms with Gasteiger partial charge in [0.25, 0.3) is 0 Å². The lowest BCUT2D eigenvalue weighted by atomic mass is 10.2. The predicted octanol–water partition coefficient (Wildman–Crippen LogP) is 1.18. The van der Waals surface area contributed by atoms with Gasteiger partial charge in [0.05, 0.1) is 13.2 Å². The molecule has 142 valence electrons. The van der Waals surface area contributed by atoms with Gasteiger partial charge in [-0.3, -0.25) is 9.89 Å². The Kier molecular flexibility index (Phi) is 9.38. The number of alkyl halides is 3. The molecule has 1 fully saturated rings. The molecule has 0 aliphatic carbocycles. The zero-order valence-corrected chi connectivity index (χ0v) is 14.7. The van der Waals surface area contributed by atoms with Crippen molar-refractivity contribution in [3.8, 4) is 0 Å². The second-order valence-electron chi connectivity index (χ2n) is 5.67. The maximum atomic E-state index is 12.8. The van der Waals surface area contributed by atoms with Gasteiger partial charge in [-0.05, 0) is 13.3 Å². The zero-order chi connectivity index (χ0) is 18.0. The highest BCUT2D eigenvalue weighted by atomic mass is 19.4. The van der Waals surface area contributed by atoms with Crippen LogP contribution in [0.4, 0.5) is 13.2 Å². The molecular formula is C15H29F3N4O2. The summed E-state index contributed by atoms with van der Waals surface area (Å²) in [4.78, 5) is 7.66. The van der Waals surface area contributed by atoms with E-state index in [2.05, 4.69) is 10.3 Å². The van der Waals surface area contributed by atoms with Crippen molar-refractivity contribution >= 4 is 5.96 Å². The molecule has 1 aliphatic rings. The van der Waals surface area contributed by atoms with Crippen LogP contribution in [0.1, 0.15) is 13.3 Å². The molecule has 0 spiro atoms. The molecule has 0 amide bonds. The molecule has 0 bridgehead atoms. The van der Waals surface area contributed by atoms with Crippen molar-refractivity contribution in [2.24, 2.45) is 4.99 Å². The van der Waals surface area contributed by atoms with E-state index >= 15 is 0 Å². The SMILES string of the molecule is CN=C(NCCCOCCOC)N1CCN(C(C)C(F)(F)F)CC1. The first kappa shape index (κ1) is 21.0. The summed E-state index contributed by atoms with van der Waals surface area (Å²) in [6, 6.07) is -1.40. The van der Waals surface area contributed by atoms with Gasteiger partial charge in [0, 0.05) is 53.5 Å². The van der Waals surface area contributed by atoms with Gasteiger partial charge in [-0.1, -0.05) is 0 Å². The molecule has 6 nitrogen and oxygen atoms in total. The Morgan fingerprint density at radius 3 is 2.38 bits per heavy atom. The minimum Gasteiger partial charge on any atom is -0.382 e. The lowest BCUT2D eigenvalue weighted by Gasteiger charge is -2.39. The maximum absolute atomic E-state index is 12.8. The van der Waals surface area contributed by atoms with E-state index in [-0.39, 0.29) is 0 Å². The fourth-order valence-corrected chi connectivity index (χ4v) is 2.48. The van der Waals surface area contributed by atoms with Crippen LogP contribution in [-0.2, 0) is 9.47 Å². The van der Waals surface area contributed by atoms with Crippen molar-refractivity contribution in [3.05, 3.63) is 0 Å². The number of halogens is 3. The summed E-state index contributed by atoms with van der Waals surface area (Å²) in [6.07, 6.45) is -3.35. The van der Waals surface area contributed by atoms with Crippen molar-refractivity contribution in [2.75, 3.05) is 66.7 Å². The zero-order valence-electron chi connectivity index (χ0n) is 14.7. The Labute approximate surface area is 142 Å². The second kappa shape index (κ2) is 10.7. The Morgan fingerprint density at radius 1 is 1.17 bits per heavy atom. The van der Waals surface area contributed by atoms with E-state index < -0.39 is 12.2 Å². The summed E-state index contributed by atoms with van der Waals surface area (Å²) in [5.41, 5.74) is 0. The molecule has 24 heavy (non-hydrogen) atoms. The average molecular weight is 354 g/mol. The highest BCUT2D eigenvalue weighted by Gasteiger charge is 2.40. The number of hydrogen-bond acceptors (Lipinski definition) is 4. The molecular weight excluding hydrogens is 325 g/mol. The summed E-state index contributed by atoms with van der Waals surface area (Å²) >= 11 is 0. The molecule has 1 N–H and O–H groups in total. The second-order valence-corrected chi connectivity index (χ2v) is 5.67. The molecule has 1 aliphatic heterocycles. The molecule has 0 aromatic rings. The van der Waals surface area contributed by atoms with Crippen LogP contribution >= 0.6 is 0 Å². The van der Waals surface area contributed by atoms with Crippen molar-refractivity contribution < 1.29 is 22.6 Å². The number of methoxy groups -OCH3 is 1. The van der Waals surface area contributed by atoms with Gasteiger partial charge in [-0.25, -0.2) is 0 Å². The fraction of sp³-hybridized carbons (Fsp3) is 0.933. The number of hydrogen-bond donors (Lipinski definition) is 1. The summed E-state index contributed by atoms with van der Waals surface area (Å²) in [5, 5.41) is 3.23. The van der Waals surface area contributed by atoms with Crippen molar-refractivity contribution in [1.82, 2.24) is 15.1 Å². The first-order valence-corrected chi connectivity index (χ1v) is 8.23. The van der Waals surface area contributed by atoms with E-state index in [4.69, 9.17) is 9.47 Å². The van der Waals surface area contributed by atoms with Gasteiger partial charge in [-0.15, -0.1) is 0 Å². The highest BCUT2D eigenvalue weighted by Crippen LogP contribution is 2.25. The van der Waals surface area contributed by atoms with Crippen LogP contribution in [0.2, 0.25) is 0 Å². The van der Waals surface area contributed by atoms with Crippen LogP contribution in [0.3, 0.4) is 0 Å². The smallest absolute Gasteiger partial charge is 0.382 e. The first-order valence-electron chi connectivity index (χ1n) is 8.23. The molecule has 1 atom stereocenters. The van der Waals surface area contributed by atoms with Crippen LogP contribution < -0.4 is 5.32 Å². The maximum Gasteiger partial charge on any atom is 0.403 e. The number of guanidine groups is 1. The largest absolute Gasteiger partial charge is 0.403 e. The van der Waals surface area contributed by atoms with E-state index in [0.717, 1.165) is 12.4 Å². The van der Waals surface area contributed by atoms with E-state index in [1.807, 2.05) is 4.90 Å².